The largest absolute Gasteiger partial charge is 0.481 e. The molecule has 1 heterocycles. The zero-order valence-electron chi connectivity index (χ0n) is 10.3. The van der Waals surface area contributed by atoms with Crippen molar-refractivity contribution >= 4 is 17.3 Å². The molecule has 0 aliphatic carbocycles. The van der Waals surface area contributed by atoms with Crippen molar-refractivity contribution in [2.45, 2.75) is 25.0 Å². The Labute approximate surface area is 110 Å². The number of thiophene rings is 1. The van der Waals surface area contributed by atoms with E-state index < -0.39 is 18.1 Å². The van der Waals surface area contributed by atoms with Crippen LogP contribution in [-0.2, 0) is 9.53 Å². The molecule has 0 spiro atoms. The molecule has 0 saturated heterocycles. The summed E-state index contributed by atoms with van der Waals surface area (Å²) in [5.74, 6) is -0.921. The Hall–Kier alpha value is -0.950. The third-order valence-electron chi connectivity index (χ3n) is 2.54. The molecule has 2 atom stereocenters. The quantitative estimate of drug-likeness (QED) is 0.590. The molecule has 3 N–H and O–H groups in total. The minimum atomic E-state index is -0.921. The molecule has 18 heavy (non-hydrogen) atoms. The second-order valence-corrected chi connectivity index (χ2v) is 4.94. The van der Waals surface area contributed by atoms with Gasteiger partial charge < -0.3 is 20.3 Å². The molecule has 0 aliphatic rings. The number of aliphatic hydroxyl groups is 1. The SMILES string of the molecule is COCCCNC(CC(=O)O)C(O)c1cccs1. The number of carbonyl (C=O) groups is 1. The maximum atomic E-state index is 10.8. The molecule has 0 aromatic carbocycles. The second kappa shape index (κ2) is 8.20. The van der Waals surface area contributed by atoms with Gasteiger partial charge in [-0.2, -0.15) is 0 Å². The fourth-order valence-electron chi connectivity index (χ4n) is 1.65. The van der Waals surface area contributed by atoms with Gasteiger partial charge in [0.2, 0.25) is 0 Å². The Morgan fingerprint density at radius 3 is 2.94 bits per heavy atom. The summed E-state index contributed by atoms with van der Waals surface area (Å²) in [5.41, 5.74) is 0. The van der Waals surface area contributed by atoms with Crippen LogP contribution in [0.5, 0.6) is 0 Å². The lowest BCUT2D eigenvalue weighted by molar-refractivity contribution is -0.138. The highest BCUT2D eigenvalue weighted by molar-refractivity contribution is 7.10. The van der Waals surface area contributed by atoms with Crippen molar-refractivity contribution in [2.75, 3.05) is 20.3 Å². The van der Waals surface area contributed by atoms with Crippen LogP contribution in [0.3, 0.4) is 0 Å². The van der Waals surface area contributed by atoms with E-state index in [2.05, 4.69) is 5.32 Å². The van der Waals surface area contributed by atoms with E-state index in [1.807, 2.05) is 11.4 Å². The fraction of sp³-hybridized carbons (Fsp3) is 0.583. The van der Waals surface area contributed by atoms with Crippen molar-refractivity contribution in [3.05, 3.63) is 22.4 Å². The summed E-state index contributed by atoms with van der Waals surface area (Å²) in [5, 5.41) is 23.9. The molecule has 0 radical (unpaired) electrons. The van der Waals surface area contributed by atoms with E-state index in [1.54, 1.807) is 13.2 Å². The third-order valence-corrected chi connectivity index (χ3v) is 3.49. The van der Waals surface area contributed by atoms with Gasteiger partial charge in [-0.1, -0.05) is 6.07 Å². The minimum absolute atomic E-state index is 0.105. The van der Waals surface area contributed by atoms with Crippen LogP contribution < -0.4 is 5.32 Å². The van der Waals surface area contributed by atoms with Crippen LogP contribution in [0.4, 0.5) is 0 Å². The van der Waals surface area contributed by atoms with Gasteiger partial charge in [0, 0.05) is 24.6 Å². The molecular weight excluding hydrogens is 254 g/mol. The standard InChI is InChI=1S/C12H19NO4S/c1-17-6-3-5-13-9(8-11(14)15)12(16)10-4-2-7-18-10/h2,4,7,9,12-13,16H,3,5-6,8H2,1H3,(H,14,15). The molecule has 1 aromatic rings. The molecule has 1 rings (SSSR count). The van der Waals surface area contributed by atoms with E-state index in [0.29, 0.717) is 13.2 Å². The summed E-state index contributed by atoms with van der Waals surface area (Å²) in [6.07, 6.45) is -0.112. The number of carboxylic acid groups (broad SMARTS) is 1. The predicted octanol–water partition coefficient (Wildman–Crippen LogP) is 1.25. The molecule has 6 heteroatoms. The highest BCUT2D eigenvalue weighted by atomic mass is 32.1. The zero-order valence-corrected chi connectivity index (χ0v) is 11.2. The molecule has 102 valence electrons. The van der Waals surface area contributed by atoms with E-state index in [1.165, 1.54) is 11.3 Å². The predicted molar refractivity (Wildman–Crippen MR) is 69.8 cm³/mol. The molecule has 5 nitrogen and oxygen atoms in total. The topological polar surface area (TPSA) is 78.8 Å². The summed E-state index contributed by atoms with van der Waals surface area (Å²) >= 11 is 1.42. The summed E-state index contributed by atoms with van der Waals surface area (Å²) in [7, 11) is 1.62. The van der Waals surface area contributed by atoms with Gasteiger partial charge in [-0.25, -0.2) is 0 Å². The molecule has 0 amide bonds. The maximum Gasteiger partial charge on any atom is 0.305 e. The van der Waals surface area contributed by atoms with Crippen LogP contribution in [0.25, 0.3) is 0 Å². The minimum Gasteiger partial charge on any atom is -0.481 e. The molecule has 2 unspecified atom stereocenters. The average Bonchev–Trinajstić information content (AvgIpc) is 2.85. The van der Waals surface area contributed by atoms with Crippen molar-refractivity contribution in [2.24, 2.45) is 0 Å². The Kier molecular flexibility index (Phi) is 6.89. The number of carboxylic acids is 1. The highest BCUT2D eigenvalue weighted by Crippen LogP contribution is 2.23. The summed E-state index contributed by atoms with van der Waals surface area (Å²) < 4.78 is 4.92. The van der Waals surface area contributed by atoms with Crippen molar-refractivity contribution < 1.29 is 19.7 Å². The number of nitrogens with one attached hydrogen (secondary N) is 1. The Morgan fingerprint density at radius 2 is 2.39 bits per heavy atom. The number of rotatable bonds is 9. The van der Waals surface area contributed by atoms with Crippen LogP contribution in [-0.4, -0.2) is 42.5 Å². The average molecular weight is 273 g/mol. The van der Waals surface area contributed by atoms with Crippen molar-refractivity contribution in [1.82, 2.24) is 5.32 Å². The molecule has 0 saturated carbocycles. The Balaban J connectivity index is 2.51. The van der Waals surface area contributed by atoms with E-state index in [0.717, 1.165) is 11.3 Å². The lowest BCUT2D eigenvalue weighted by atomic mass is 10.1. The van der Waals surface area contributed by atoms with E-state index >= 15 is 0 Å². The Bertz CT molecular complexity index is 342. The normalized spacial score (nSPS) is 14.3. The van der Waals surface area contributed by atoms with Crippen molar-refractivity contribution in [3.8, 4) is 0 Å². The van der Waals surface area contributed by atoms with Crippen molar-refractivity contribution in [1.29, 1.82) is 0 Å². The fourth-order valence-corrected chi connectivity index (χ4v) is 2.42. The van der Waals surface area contributed by atoms with Crippen LogP contribution in [0.15, 0.2) is 17.5 Å². The molecule has 0 fully saturated rings. The van der Waals surface area contributed by atoms with Crippen LogP contribution in [0.1, 0.15) is 23.8 Å². The summed E-state index contributed by atoms with van der Waals surface area (Å²) in [6.45, 7) is 1.23. The van der Waals surface area contributed by atoms with Crippen LogP contribution in [0, 0.1) is 0 Å². The first-order valence-electron chi connectivity index (χ1n) is 5.80. The van der Waals surface area contributed by atoms with Gasteiger partial charge in [-0.3, -0.25) is 4.79 Å². The first-order valence-corrected chi connectivity index (χ1v) is 6.68. The van der Waals surface area contributed by atoms with Gasteiger partial charge >= 0.3 is 5.97 Å². The summed E-state index contributed by atoms with van der Waals surface area (Å²) in [6, 6.07) is 3.17. The van der Waals surface area contributed by atoms with Crippen LogP contribution >= 0.6 is 11.3 Å². The summed E-state index contributed by atoms with van der Waals surface area (Å²) in [4.78, 5) is 11.6. The molecular formula is C12H19NO4S. The number of ether oxygens (including phenoxy) is 1. The number of hydrogen-bond donors (Lipinski definition) is 3. The highest BCUT2D eigenvalue weighted by Gasteiger charge is 2.23. The van der Waals surface area contributed by atoms with Gasteiger partial charge in [0.05, 0.1) is 6.42 Å². The second-order valence-electron chi connectivity index (χ2n) is 3.97. The zero-order chi connectivity index (χ0) is 13.4. The maximum absolute atomic E-state index is 10.8. The first kappa shape index (κ1) is 15.1. The van der Waals surface area contributed by atoms with Gasteiger partial charge in [0.1, 0.15) is 6.10 Å². The number of aliphatic hydroxyl groups excluding tert-OH is 1. The lowest BCUT2D eigenvalue weighted by Gasteiger charge is -2.22. The lowest BCUT2D eigenvalue weighted by Crippen LogP contribution is -2.37. The monoisotopic (exact) mass is 273 g/mol. The van der Waals surface area contributed by atoms with Crippen molar-refractivity contribution in [3.63, 3.8) is 0 Å². The van der Waals surface area contributed by atoms with Gasteiger partial charge in [0.15, 0.2) is 0 Å². The smallest absolute Gasteiger partial charge is 0.305 e. The molecule has 0 aliphatic heterocycles. The van der Waals surface area contributed by atoms with Gasteiger partial charge in [0.25, 0.3) is 0 Å². The number of aliphatic carboxylic acids is 1. The van der Waals surface area contributed by atoms with Crippen LogP contribution in [0.2, 0.25) is 0 Å². The molecule has 1 aromatic heterocycles. The van der Waals surface area contributed by atoms with Gasteiger partial charge in [-0.15, -0.1) is 11.3 Å². The number of hydrogen-bond acceptors (Lipinski definition) is 5. The first-order chi connectivity index (χ1) is 8.65. The van der Waals surface area contributed by atoms with Gasteiger partial charge in [-0.05, 0) is 24.4 Å². The molecule has 0 bridgehead atoms. The van der Waals surface area contributed by atoms with E-state index in [-0.39, 0.29) is 6.42 Å². The van der Waals surface area contributed by atoms with E-state index in [4.69, 9.17) is 9.84 Å². The number of methoxy groups -OCH3 is 1. The Morgan fingerprint density at radius 1 is 1.61 bits per heavy atom. The third kappa shape index (κ3) is 5.14. The van der Waals surface area contributed by atoms with E-state index in [9.17, 15) is 9.90 Å².